The van der Waals surface area contributed by atoms with Crippen molar-refractivity contribution in [2.24, 2.45) is 0 Å². The van der Waals surface area contributed by atoms with Crippen molar-refractivity contribution in [3.63, 3.8) is 0 Å². The molecule has 0 saturated heterocycles. The summed E-state index contributed by atoms with van der Waals surface area (Å²) >= 11 is 3.64. The molecule has 0 fully saturated rings. The Morgan fingerprint density at radius 2 is 1.44 bits per heavy atom. The number of hydrogen-bond donors (Lipinski definition) is 0. The van der Waals surface area contributed by atoms with Gasteiger partial charge in [0.15, 0.2) is 34.9 Å². The zero-order valence-electron chi connectivity index (χ0n) is 21.7. The quantitative estimate of drug-likeness (QED) is 0.111. The number of ether oxygens (including phenoxy) is 4. The number of fused-ring (bicyclic) bond motifs is 1. The Kier molecular flexibility index (Phi) is 9.87. The summed E-state index contributed by atoms with van der Waals surface area (Å²) in [6.45, 7) is 0.0301. The molecule has 4 aromatic rings. The lowest BCUT2D eigenvalue weighted by atomic mass is 10.0. The summed E-state index contributed by atoms with van der Waals surface area (Å²) in [7, 11) is 6.31. The van der Waals surface area contributed by atoms with Crippen LogP contribution in [-0.4, -0.2) is 39.1 Å². The van der Waals surface area contributed by atoms with Crippen LogP contribution >= 0.6 is 15.9 Å². The van der Waals surface area contributed by atoms with Crippen molar-refractivity contribution in [1.29, 1.82) is 0 Å². The second-order valence-electron chi connectivity index (χ2n) is 8.39. The third kappa shape index (κ3) is 6.31. The number of rotatable bonds is 10. The van der Waals surface area contributed by atoms with Gasteiger partial charge < -0.3 is 35.9 Å². The first-order chi connectivity index (χ1) is 18.3. The highest BCUT2D eigenvalue weighted by atomic mass is 79.9. The number of nitro benzene ring substituents is 1. The van der Waals surface area contributed by atoms with Crippen LogP contribution < -0.4 is 40.5 Å². The molecule has 0 N–H and O–H groups in total. The number of methoxy groups -OCH3 is 4. The molecule has 0 aliphatic rings. The van der Waals surface area contributed by atoms with Gasteiger partial charge in [-0.15, -0.1) is 0 Å². The minimum atomic E-state index is -0.493. The number of benzene rings is 3. The highest BCUT2D eigenvalue weighted by molar-refractivity contribution is 9.10. The van der Waals surface area contributed by atoms with Gasteiger partial charge in [0.1, 0.15) is 0 Å². The zero-order valence-corrected chi connectivity index (χ0v) is 24.9. The number of halogens is 2. The van der Waals surface area contributed by atoms with Gasteiger partial charge in [-0.2, -0.15) is 4.57 Å². The Bertz CT molecular complexity index is 1530. The number of pyridine rings is 1. The van der Waals surface area contributed by atoms with Crippen LogP contribution in [0.3, 0.4) is 0 Å². The van der Waals surface area contributed by atoms with Crippen molar-refractivity contribution in [1.82, 2.24) is 0 Å². The Balaban J connectivity index is 0.00000420. The minimum Gasteiger partial charge on any atom is -1.00 e. The third-order valence-corrected chi connectivity index (χ3v) is 7.01. The molecule has 0 bridgehead atoms. The van der Waals surface area contributed by atoms with E-state index in [1.807, 2.05) is 41.1 Å². The molecule has 11 heteroatoms. The lowest BCUT2D eigenvalue weighted by molar-refractivity contribution is -0.688. The number of Topliss-reactive ketones (excluding diaryl/α,β-unsaturated/α-hetero) is 1. The van der Waals surface area contributed by atoms with E-state index in [4.69, 9.17) is 18.9 Å². The molecular formula is C28H26Br2N2O7. The highest BCUT2D eigenvalue weighted by Crippen LogP contribution is 2.37. The number of carbonyl (C=O) groups is 1. The summed E-state index contributed by atoms with van der Waals surface area (Å²) in [5.41, 5.74) is 2.09. The summed E-state index contributed by atoms with van der Waals surface area (Å²) in [4.78, 5) is 23.7. The van der Waals surface area contributed by atoms with E-state index in [-0.39, 0.29) is 35.0 Å². The Labute approximate surface area is 244 Å². The summed E-state index contributed by atoms with van der Waals surface area (Å²) in [5.74, 6) is 2.15. The van der Waals surface area contributed by atoms with Crippen molar-refractivity contribution in [3.05, 3.63) is 92.2 Å². The number of non-ortho nitro benzene ring substituents is 1. The normalized spacial score (nSPS) is 10.5. The van der Waals surface area contributed by atoms with Crippen LogP contribution in [0.4, 0.5) is 5.69 Å². The second-order valence-corrected chi connectivity index (χ2v) is 9.24. The van der Waals surface area contributed by atoms with Gasteiger partial charge in [-0.1, -0.05) is 15.9 Å². The van der Waals surface area contributed by atoms with Crippen LogP contribution in [0.5, 0.6) is 23.0 Å². The molecule has 1 aromatic heterocycles. The Morgan fingerprint density at radius 3 is 2.03 bits per heavy atom. The van der Waals surface area contributed by atoms with Crippen LogP contribution in [0.2, 0.25) is 0 Å². The van der Waals surface area contributed by atoms with Gasteiger partial charge in [0.25, 0.3) is 5.69 Å². The molecule has 0 saturated carbocycles. The molecule has 0 aliphatic carbocycles. The smallest absolute Gasteiger partial charge is 0.269 e. The van der Waals surface area contributed by atoms with E-state index in [2.05, 4.69) is 15.9 Å². The van der Waals surface area contributed by atoms with E-state index in [1.54, 1.807) is 28.4 Å². The predicted molar refractivity (Wildman–Crippen MR) is 145 cm³/mol. The van der Waals surface area contributed by atoms with Crippen molar-refractivity contribution < 1.29 is 50.2 Å². The fraction of sp³-hybridized carbons (Fsp3) is 0.214. The van der Waals surface area contributed by atoms with Crippen LogP contribution in [-0.2, 0) is 13.0 Å². The maximum Gasteiger partial charge on any atom is 0.269 e. The van der Waals surface area contributed by atoms with E-state index in [9.17, 15) is 14.9 Å². The zero-order chi connectivity index (χ0) is 27.4. The molecule has 0 amide bonds. The monoisotopic (exact) mass is 660 g/mol. The summed E-state index contributed by atoms with van der Waals surface area (Å²) < 4.78 is 24.7. The average Bonchev–Trinajstić information content (AvgIpc) is 2.93. The minimum absolute atomic E-state index is 0. The van der Waals surface area contributed by atoms with Gasteiger partial charge in [0.05, 0.1) is 45.2 Å². The maximum absolute atomic E-state index is 13.2. The number of nitrogens with zero attached hydrogens (tertiary/aromatic N) is 2. The second kappa shape index (κ2) is 12.9. The molecule has 3 aromatic carbocycles. The van der Waals surface area contributed by atoms with Crippen molar-refractivity contribution in [2.75, 3.05) is 28.4 Å². The van der Waals surface area contributed by atoms with Gasteiger partial charge in [0, 0.05) is 28.2 Å². The summed E-state index contributed by atoms with van der Waals surface area (Å²) in [5, 5.41) is 12.8. The average molecular weight is 662 g/mol. The van der Waals surface area contributed by atoms with E-state index in [1.165, 1.54) is 24.3 Å². The lowest BCUT2D eigenvalue weighted by Crippen LogP contribution is -3.00. The lowest BCUT2D eigenvalue weighted by Gasteiger charge is -2.14. The molecule has 1 heterocycles. The Hall–Kier alpha value is -3.70. The molecule has 0 unspecified atom stereocenters. The van der Waals surface area contributed by atoms with Crippen molar-refractivity contribution in [2.45, 2.75) is 13.0 Å². The van der Waals surface area contributed by atoms with Gasteiger partial charge in [-0.3, -0.25) is 14.9 Å². The first-order valence-corrected chi connectivity index (χ1v) is 12.3. The predicted octanol–water partition coefficient (Wildman–Crippen LogP) is 2.31. The van der Waals surface area contributed by atoms with Gasteiger partial charge in [0.2, 0.25) is 12.3 Å². The third-order valence-electron chi connectivity index (χ3n) is 6.27. The molecule has 0 radical (unpaired) electrons. The highest BCUT2D eigenvalue weighted by Gasteiger charge is 2.24. The van der Waals surface area contributed by atoms with E-state index >= 15 is 0 Å². The molecule has 0 spiro atoms. The topological polar surface area (TPSA) is 101 Å². The number of hydrogen-bond acceptors (Lipinski definition) is 7. The van der Waals surface area contributed by atoms with Gasteiger partial charge in [-0.05, 0) is 47.3 Å². The number of nitro groups is 1. The fourth-order valence-corrected chi connectivity index (χ4v) is 4.73. The molecule has 39 heavy (non-hydrogen) atoms. The maximum atomic E-state index is 13.2. The number of ketones is 1. The molecular weight excluding hydrogens is 636 g/mol. The van der Waals surface area contributed by atoms with Gasteiger partial charge in [-0.25, -0.2) is 0 Å². The molecule has 0 atom stereocenters. The van der Waals surface area contributed by atoms with Crippen LogP contribution in [0.1, 0.15) is 21.6 Å². The molecule has 204 valence electrons. The van der Waals surface area contributed by atoms with Gasteiger partial charge >= 0.3 is 0 Å². The summed E-state index contributed by atoms with van der Waals surface area (Å²) in [6, 6.07) is 15.0. The van der Waals surface area contributed by atoms with Crippen LogP contribution in [0, 0.1) is 10.1 Å². The first-order valence-electron chi connectivity index (χ1n) is 11.5. The van der Waals surface area contributed by atoms with Crippen molar-refractivity contribution in [3.8, 4) is 23.0 Å². The SMILES string of the molecule is COc1cc(Br)c(Cc2c3cc(OC)c(OC)cc3cc[n+]2CC(=O)c2ccc([N+](=O)[O-])cc2)cc1OC.[Br-]. The Morgan fingerprint density at radius 1 is 0.872 bits per heavy atom. The van der Waals surface area contributed by atoms with Crippen LogP contribution in [0.25, 0.3) is 10.8 Å². The van der Waals surface area contributed by atoms with E-state index < -0.39 is 4.92 Å². The molecule has 4 rings (SSSR count). The fourth-order valence-electron chi connectivity index (χ4n) is 4.27. The largest absolute Gasteiger partial charge is 1.00 e. The number of carbonyl (C=O) groups excluding carboxylic acids is 1. The molecule has 9 nitrogen and oxygen atoms in total. The van der Waals surface area contributed by atoms with Crippen molar-refractivity contribution >= 4 is 38.2 Å². The van der Waals surface area contributed by atoms with E-state index in [0.717, 1.165) is 26.5 Å². The van der Waals surface area contributed by atoms with Crippen LogP contribution in [0.15, 0.2) is 65.3 Å². The number of aromatic nitrogens is 1. The summed E-state index contributed by atoms with van der Waals surface area (Å²) in [6.07, 6.45) is 2.29. The first kappa shape index (κ1) is 29.9. The standard InChI is InChI=1S/C28H26BrN2O7.BrH/c1-35-25-12-18-9-10-30(16-24(32)17-5-7-20(8-6-17)31(33)34)23(21(18)14-27(25)37-3)11-19-13-26(36-2)28(38-4)15-22(19)29;/h5-10,12-15H,11,16H2,1-4H3;1H/q+1;/p-1. The van der Waals surface area contributed by atoms with E-state index in [0.29, 0.717) is 35.0 Å². The molecule has 0 aliphatic heterocycles.